The Morgan fingerprint density at radius 1 is 1.06 bits per heavy atom. The summed E-state index contributed by atoms with van der Waals surface area (Å²) < 4.78 is 5.43. The van der Waals surface area contributed by atoms with Gasteiger partial charge in [-0.1, -0.05) is 13.8 Å². The third-order valence-corrected chi connectivity index (χ3v) is 12.1. The molecular weight excluding hydrogens is 478 g/mol. The van der Waals surface area contributed by atoms with Crippen LogP contribution in [0.1, 0.15) is 89.5 Å². The molecule has 36 heavy (non-hydrogen) atoms. The van der Waals surface area contributed by atoms with Crippen molar-refractivity contribution in [1.29, 1.82) is 0 Å². The second-order valence-electron chi connectivity index (χ2n) is 12.0. The van der Waals surface area contributed by atoms with E-state index in [1.165, 1.54) is 49.8 Å². The Morgan fingerprint density at radius 3 is 2.44 bits per heavy atom. The second kappa shape index (κ2) is 10.7. The summed E-state index contributed by atoms with van der Waals surface area (Å²) in [6, 6.07) is 2.13. The number of furan rings is 1. The minimum atomic E-state index is -1.82. The number of carbonyl (C=O) groups is 2. The van der Waals surface area contributed by atoms with E-state index < -0.39 is 17.5 Å². The Balaban J connectivity index is 0.000000455. The van der Waals surface area contributed by atoms with E-state index in [2.05, 4.69) is 31.7 Å². The zero-order valence-corrected chi connectivity index (χ0v) is 22.5. The molecule has 5 N–H and O–H groups in total. The highest BCUT2D eigenvalue weighted by molar-refractivity contribution is 7.99. The number of aliphatic hydroxyl groups is 1. The van der Waals surface area contributed by atoms with Crippen molar-refractivity contribution in [3.63, 3.8) is 0 Å². The highest BCUT2D eigenvalue weighted by Crippen LogP contribution is 2.70. The maximum Gasteiger partial charge on any atom is 0.414 e. The number of carboxylic acid groups (broad SMARTS) is 2. The summed E-state index contributed by atoms with van der Waals surface area (Å²) in [5.74, 6) is 0.0574. The van der Waals surface area contributed by atoms with Gasteiger partial charge in [-0.2, -0.15) is 11.8 Å². The Morgan fingerprint density at radius 2 is 1.81 bits per heavy atom. The van der Waals surface area contributed by atoms with Crippen LogP contribution in [0, 0.1) is 28.6 Å². The van der Waals surface area contributed by atoms with Crippen molar-refractivity contribution in [3.05, 3.63) is 24.2 Å². The van der Waals surface area contributed by atoms with Gasteiger partial charge in [0.15, 0.2) is 0 Å². The van der Waals surface area contributed by atoms with Crippen molar-refractivity contribution in [1.82, 2.24) is 0 Å². The number of aliphatic carboxylic acids is 2. The van der Waals surface area contributed by atoms with Gasteiger partial charge in [-0.3, -0.25) is 0 Å². The minimum absolute atomic E-state index is 0.00346. The largest absolute Gasteiger partial charge is 0.473 e. The van der Waals surface area contributed by atoms with E-state index >= 15 is 0 Å². The van der Waals surface area contributed by atoms with Gasteiger partial charge in [-0.25, -0.2) is 9.59 Å². The van der Waals surface area contributed by atoms with Crippen LogP contribution in [0.4, 0.5) is 0 Å². The van der Waals surface area contributed by atoms with Crippen molar-refractivity contribution in [2.75, 3.05) is 12.3 Å². The van der Waals surface area contributed by atoms with Crippen molar-refractivity contribution >= 4 is 23.7 Å². The van der Waals surface area contributed by atoms with E-state index in [9.17, 15) is 5.11 Å². The summed E-state index contributed by atoms with van der Waals surface area (Å²) in [5, 5.41) is 27.9. The molecule has 4 saturated carbocycles. The van der Waals surface area contributed by atoms with Crippen LogP contribution in [0.3, 0.4) is 0 Å². The highest BCUT2D eigenvalue weighted by Gasteiger charge is 2.67. The molecule has 0 spiro atoms. The third kappa shape index (κ3) is 4.73. The Labute approximate surface area is 218 Å². The third-order valence-electron chi connectivity index (χ3n) is 10.6. The average molecular weight is 522 g/mol. The van der Waals surface area contributed by atoms with Gasteiger partial charge in [0.1, 0.15) is 0 Å². The zero-order valence-electron chi connectivity index (χ0n) is 21.7. The Kier molecular flexibility index (Phi) is 8.18. The van der Waals surface area contributed by atoms with Crippen molar-refractivity contribution in [2.24, 2.45) is 34.3 Å². The molecule has 0 saturated heterocycles. The molecule has 1 heterocycles. The number of fused-ring (bicyclic) bond motifs is 5. The molecule has 1 aromatic rings. The fourth-order valence-corrected chi connectivity index (χ4v) is 10.00. The molecule has 0 radical (unpaired) electrons. The minimum Gasteiger partial charge on any atom is -0.473 e. The first-order valence-corrected chi connectivity index (χ1v) is 14.6. The van der Waals surface area contributed by atoms with E-state index in [1.54, 1.807) is 6.26 Å². The van der Waals surface area contributed by atoms with Crippen LogP contribution in [0.15, 0.2) is 23.0 Å². The SMILES string of the molecule is C[C@]12CC[C@H](SCCCN)C[C@@H]1CC[C@@H]1[C@@H]2CC[C@]2(C)[C@@H](c3ccoc3)CC[C@]12O.O=C(O)C(=O)O. The first kappa shape index (κ1) is 27.5. The molecule has 1 aromatic heterocycles. The molecule has 0 amide bonds. The van der Waals surface area contributed by atoms with Gasteiger partial charge < -0.3 is 25.5 Å². The molecule has 8 atom stereocenters. The van der Waals surface area contributed by atoms with Crippen LogP contribution in [0.25, 0.3) is 0 Å². The zero-order chi connectivity index (χ0) is 26.1. The molecule has 5 rings (SSSR count). The lowest BCUT2D eigenvalue weighted by Gasteiger charge is -2.63. The molecule has 202 valence electrons. The van der Waals surface area contributed by atoms with Crippen LogP contribution in [0.5, 0.6) is 0 Å². The fraction of sp³-hybridized carbons (Fsp3) is 0.786. The van der Waals surface area contributed by atoms with E-state index in [-0.39, 0.29) is 5.41 Å². The normalized spacial score (nSPS) is 41.3. The van der Waals surface area contributed by atoms with E-state index in [0.717, 1.165) is 43.4 Å². The van der Waals surface area contributed by atoms with Crippen LogP contribution >= 0.6 is 11.8 Å². The number of rotatable bonds is 5. The Hall–Kier alpha value is -1.51. The molecule has 0 aromatic carbocycles. The lowest BCUT2D eigenvalue weighted by molar-refractivity contribution is -0.200. The second-order valence-corrected chi connectivity index (χ2v) is 13.4. The summed E-state index contributed by atoms with van der Waals surface area (Å²) in [6.45, 7) is 5.82. The molecule has 7 nitrogen and oxygen atoms in total. The predicted octanol–water partition coefficient (Wildman–Crippen LogP) is 5.13. The van der Waals surface area contributed by atoms with Gasteiger partial charge >= 0.3 is 11.9 Å². The molecule has 8 heteroatoms. The highest BCUT2D eigenvalue weighted by atomic mass is 32.2. The lowest BCUT2D eigenvalue weighted by Crippen LogP contribution is -2.61. The van der Waals surface area contributed by atoms with Gasteiger partial charge in [0.05, 0.1) is 18.1 Å². The summed E-state index contributed by atoms with van der Waals surface area (Å²) in [7, 11) is 0. The number of thioether (sulfide) groups is 1. The molecule has 4 aliphatic carbocycles. The monoisotopic (exact) mass is 521 g/mol. The van der Waals surface area contributed by atoms with E-state index in [1.807, 2.05) is 6.26 Å². The standard InChI is InChI=1S/C26H41NO2S.C2H2O4/c1-24-10-6-20(30-15-3-13-27)16-19(24)4-5-23-22(24)7-11-25(2)21(8-12-26(23,25)28)18-9-14-29-17-18;3-1(4)2(5)6/h9,14,17,19-23,28H,3-8,10-13,15-16,27H2,1-2H3;(H,3,4)(H,5,6)/t19-,20-,21+,22-,23+,24-,25+,26-;/m0./s1. The fourth-order valence-electron chi connectivity index (χ4n) is 8.68. The van der Waals surface area contributed by atoms with E-state index in [0.29, 0.717) is 23.2 Å². The van der Waals surface area contributed by atoms with Gasteiger partial charge in [-0.05, 0) is 117 Å². The summed E-state index contributed by atoms with van der Waals surface area (Å²) in [5.41, 5.74) is 6.94. The van der Waals surface area contributed by atoms with Crippen molar-refractivity contribution in [3.8, 4) is 0 Å². The van der Waals surface area contributed by atoms with Gasteiger partial charge in [-0.15, -0.1) is 0 Å². The lowest BCUT2D eigenvalue weighted by atomic mass is 9.43. The number of carboxylic acids is 2. The first-order valence-electron chi connectivity index (χ1n) is 13.6. The molecule has 0 aliphatic heterocycles. The quantitative estimate of drug-likeness (QED) is 0.310. The maximum absolute atomic E-state index is 12.3. The molecule has 4 fully saturated rings. The summed E-state index contributed by atoms with van der Waals surface area (Å²) >= 11 is 2.18. The summed E-state index contributed by atoms with van der Waals surface area (Å²) in [4.78, 5) is 18.2. The van der Waals surface area contributed by atoms with Crippen LogP contribution in [0.2, 0.25) is 0 Å². The number of hydrogen-bond acceptors (Lipinski definition) is 6. The predicted molar refractivity (Wildman–Crippen MR) is 140 cm³/mol. The molecular formula is C28H43NO6S. The van der Waals surface area contributed by atoms with Crippen LogP contribution in [-0.4, -0.2) is 50.4 Å². The van der Waals surface area contributed by atoms with Crippen LogP contribution < -0.4 is 5.73 Å². The summed E-state index contributed by atoms with van der Waals surface area (Å²) in [6.07, 6.45) is 16.1. The first-order chi connectivity index (χ1) is 17.1. The van der Waals surface area contributed by atoms with Gasteiger partial charge in [0, 0.05) is 10.7 Å². The number of hydrogen-bond donors (Lipinski definition) is 4. The smallest absolute Gasteiger partial charge is 0.414 e. The molecule has 0 unspecified atom stereocenters. The number of nitrogens with two attached hydrogens (primary N) is 1. The average Bonchev–Trinajstić information content (AvgIpc) is 3.45. The van der Waals surface area contributed by atoms with Crippen molar-refractivity contribution < 1.29 is 29.3 Å². The van der Waals surface area contributed by atoms with Gasteiger partial charge in [0.25, 0.3) is 0 Å². The van der Waals surface area contributed by atoms with Gasteiger partial charge in [0.2, 0.25) is 0 Å². The molecule has 0 bridgehead atoms. The Bertz CT molecular complexity index is 911. The maximum atomic E-state index is 12.3. The van der Waals surface area contributed by atoms with E-state index in [4.69, 9.17) is 30.0 Å². The molecule has 4 aliphatic rings. The van der Waals surface area contributed by atoms with Crippen LogP contribution in [-0.2, 0) is 9.59 Å². The van der Waals surface area contributed by atoms with Crippen molar-refractivity contribution in [2.45, 2.75) is 94.8 Å². The topological polar surface area (TPSA) is 134 Å².